The zero-order valence-electron chi connectivity index (χ0n) is 11.4. The molecule has 0 aliphatic carbocycles. The number of nitrogens with one attached hydrogen (secondary N) is 1. The predicted octanol–water partition coefficient (Wildman–Crippen LogP) is 2.26. The molecular formula is C13H14BrN5O2. The molecule has 8 heteroatoms. The van der Waals surface area contributed by atoms with E-state index in [1.807, 2.05) is 12.1 Å². The summed E-state index contributed by atoms with van der Waals surface area (Å²) in [4.78, 5) is 17.4. The first-order chi connectivity index (χ1) is 10.0. The van der Waals surface area contributed by atoms with Crippen molar-refractivity contribution >= 4 is 33.5 Å². The molecule has 2 aromatic heterocycles. The highest BCUT2D eigenvalue weighted by atomic mass is 79.9. The normalized spacial score (nSPS) is 14.9. The van der Waals surface area contributed by atoms with Crippen molar-refractivity contribution in [2.45, 2.75) is 13.0 Å². The second-order valence-corrected chi connectivity index (χ2v) is 5.70. The number of allylic oxidation sites excluding steroid dienone is 1. The monoisotopic (exact) mass is 351 g/mol. The number of amides is 1. The van der Waals surface area contributed by atoms with Gasteiger partial charge in [-0.1, -0.05) is 6.58 Å². The molecule has 21 heavy (non-hydrogen) atoms. The summed E-state index contributed by atoms with van der Waals surface area (Å²) in [5, 5.41) is 7.70. The van der Waals surface area contributed by atoms with Crippen molar-refractivity contribution in [3.8, 4) is 0 Å². The number of anilines is 1. The highest BCUT2D eigenvalue weighted by molar-refractivity contribution is 9.10. The Bertz CT molecular complexity index is 708. The topological polar surface area (TPSA) is 71.8 Å². The summed E-state index contributed by atoms with van der Waals surface area (Å²) in [6.07, 6.45) is 1.34. The van der Waals surface area contributed by atoms with Gasteiger partial charge >= 0.3 is 6.09 Å². The third-order valence-electron chi connectivity index (χ3n) is 3.07. The number of hydrogen-bond acceptors (Lipinski definition) is 5. The third kappa shape index (κ3) is 2.85. The van der Waals surface area contributed by atoms with Crippen LogP contribution in [-0.4, -0.2) is 44.7 Å². The molecule has 1 saturated heterocycles. The molecule has 0 aromatic carbocycles. The van der Waals surface area contributed by atoms with Crippen molar-refractivity contribution in [3.63, 3.8) is 0 Å². The Balaban J connectivity index is 1.59. The number of halogens is 1. The van der Waals surface area contributed by atoms with Gasteiger partial charge < -0.3 is 15.0 Å². The Labute approximate surface area is 129 Å². The molecule has 0 radical (unpaired) electrons. The van der Waals surface area contributed by atoms with Crippen LogP contribution in [0.4, 0.5) is 10.6 Å². The van der Waals surface area contributed by atoms with Gasteiger partial charge in [0, 0.05) is 13.1 Å². The lowest BCUT2D eigenvalue weighted by Gasteiger charge is -2.38. The number of imidazole rings is 1. The number of likely N-dealkylation sites (tertiary alicyclic amines) is 1. The lowest BCUT2D eigenvalue weighted by Crippen LogP contribution is -2.57. The minimum Gasteiger partial charge on any atom is -0.416 e. The van der Waals surface area contributed by atoms with Crippen LogP contribution in [0.3, 0.4) is 0 Å². The fourth-order valence-electron chi connectivity index (χ4n) is 2.06. The average Bonchev–Trinajstić information content (AvgIpc) is 2.74. The molecule has 0 atom stereocenters. The van der Waals surface area contributed by atoms with E-state index in [-0.39, 0.29) is 12.1 Å². The second-order valence-electron chi connectivity index (χ2n) is 4.89. The van der Waals surface area contributed by atoms with Gasteiger partial charge in [-0.3, -0.25) is 0 Å². The fourth-order valence-corrected chi connectivity index (χ4v) is 2.43. The van der Waals surface area contributed by atoms with Crippen LogP contribution in [0.1, 0.15) is 6.92 Å². The SMILES string of the molecule is C=C(C)OC(=O)N1CC(Nc2ccc3ncc(Br)n3n2)C1. The van der Waals surface area contributed by atoms with Crippen molar-refractivity contribution in [1.82, 2.24) is 19.5 Å². The van der Waals surface area contributed by atoms with E-state index in [4.69, 9.17) is 4.74 Å². The Kier molecular flexibility index (Phi) is 3.54. The molecule has 0 bridgehead atoms. The summed E-state index contributed by atoms with van der Waals surface area (Å²) in [5.74, 6) is 1.13. The minimum atomic E-state index is -0.360. The first-order valence-corrected chi connectivity index (χ1v) is 7.21. The molecule has 1 fully saturated rings. The first kappa shape index (κ1) is 13.9. The van der Waals surface area contributed by atoms with Gasteiger partial charge in [0.2, 0.25) is 0 Å². The van der Waals surface area contributed by atoms with E-state index in [0.29, 0.717) is 18.8 Å². The van der Waals surface area contributed by atoms with Gasteiger partial charge in [-0.05, 0) is 35.0 Å². The number of fused-ring (bicyclic) bond motifs is 1. The van der Waals surface area contributed by atoms with Gasteiger partial charge in [-0.15, -0.1) is 5.10 Å². The Morgan fingerprint density at radius 2 is 2.29 bits per heavy atom. The van der Waals surface area contributed by atoms with Crippen LogP contribution in [0.15, 0.2) is 35.3 Å². The van der Waals surface area contributed by atoms with Crippen LogP contribution in [0.2, 0.25) is 0 Å². The highest BCUT2D eigenvalue weighted by Gasteiger charge is 2.32. The number of hydrogen-bond donors (Lipinski definition) is 1. The van der Waals surface area contributed by atoms with Crippen LogP contribution in [0.5, 0.6) is 0 Å². The van der Waals surface area contributed by atoms with Crippen LogP contribution in [0.25, 0.3) is 5.65 Å². The van der Waals surface area contributed by atoms with E-state index < -0.39 is 0 Å². The standard InChI is InChI=1S/C13H14BrN5O2/c1-8(2)21-13(20)18-6-9(7-18)16-11-3-4-12-15-5-10(14)19(12)17-11/h3-5,9H,1,6-7H2,2H3,(H,16,17). The second kappa shape index (κ2) is 5.36. The maximum Gasteiger partial charge on any atom is 0.415 e. The minimum absolute atomic E-state index is 0.162. The summed E-state index contributed by atoms with van der Waals surface area (Å²) in [7, 11) is 0. The Hall–Kier alpha value is -2.09. The van der Waals surface area contributed by atoms with Gasteiger partial charge in [-0.25, -0.2) is 14.3 Å². The maximum atomic E-state index is 11.6. The largest absolute Gasteiger partial charge is 0.416 e. The number of carbonyl (C=O) groups excluding carboxylic acids is 1. The highest BCUT2D eigenvalue weighted by Crippen LogP contribution is 2.17. The van der Waals surface area contributed by atoms with E-state index in [0.717, 1.165) is 16.1 Å². The molecule has 1 aliphatic rings. The molecule has 3 rings (SSSR count). The van der Waals surface area contributed by atoms with Gasteiger partial charge in [-0.2, -0.15) is 0 Å². The van der Waals surface area contributed by atoms with Crippen molar-refractivity contribution in [3.05, 3.63) is 35.3 Å². The first-order valence-electron chi connectivity index (χ1n) is 6.42. The van der Waals surface area contributed by atoms with E-state index in [1.54, 1.807) is 22.5 Å². The van der Waals surface area contributed by atoms with Crippen molar-refractivity contribution in [1.29, 1.82) is 0 Å². The number of rotatable bonds is 3. The van der Waals surface area contributed by atoms with E-state index in [2.05, 4.69) is 37.9 Å². The zero-order valence-corrected chi connectivity index (χ0v) is 13.0. The van der Waals surface area contributed by atoms with Crippen LogP contribution in [0, 0.1) is 0 Å². The van der Waals surface area contributed by atoms with E-state index in [1.165, 1.54) is 0 Å². The third-order valence-corrected chi connectivity index (χ3v) is 3.61. The van der Waals surface area contributed by atoms with E-state index in [9.17, 15) is 4.79 Å². The lowest BCUT2D eigenvalue weighted by molar-refractivity contribution is 0.0976. The number of ether oxygens (including phenoxy) is 1. The molecular weight excluding hydrogens is 338 g/mol. The van der Waals surface area contributed by atoms with Gasteiger partial charge in [0.25, 0.3) is 0 Å². The van der Waals surface area contributed by atoms with E-state index >= 15 is 0 Å². The molecule has 7 nitrogen and oxygen atoms in total. The molecule has 0 saturated carbocycles. The van der Waals surface area contributed by atoms with Gasteiger partial charge in [0.15, 0.2) is 5.65 Å². The summed E-state index contributed by atoms with van der Waals surface area (Å²) in [6, 6.07) is 3.91. The average molecular weight is 352 g/mol. The molecule has 1 amide bonds. The maximum absolute atomic E-state index is 11.6. The van der Waals surface area contributed by atoms with Crippen LogP contribution in [-0.2, 0) is 4.74 Å². The summed E-state index contributed by atoms with van der Waals surface area (Å²) in [5.41, 5.74) is 0.771. The van der Waals surface area contributed by atoms with Crippen molar-refractivity contribution in [2.24, 2.45) is 0 Å². The van der Waals surface area contributed by atoms with Gasteiger partial charge in [0.05, 0.1) is 18.0 Å². The van der Waals surface area contributed by atoms with Crippen LogP contribution < -0.4 is 5.32 Å². The number of carbonyl (C=O) groups is 1. The molecule has 0 spiro atoms. The fraction of sp³-hybridized carbons (Fsp3) is 0.308. The number of nitrogens with zero attached hydrogens (tertiary/aromatic N) is 4. The summed E-state index contributed by atoms with van der Waals surface area (Å²) >= 11 is 3.38. The quantitative estimate of drug-likeness (QED) is 0.858. The molecule has 2 aromatic rings. The van der Waals surface area contributed by atoms with Crippen molar-refractivity contribution < 1.29 is 9.53 Å². The zero-order chi connectivity index (χ0) is 15.0. The molecule has 3 heterocycles. The molecule has 1 aliphatic heterocycles. The summed E-state index contributed by atoms with van der Waals surface area (Å²) < 4.78 is 7.44. The molecule has 0 unspecified atom stereocenters. The molecule has 110 valence electrons. The summed E-state index contributed by atoms with van der Waals surface area (Å²) in [6.45, 7) is 6.36. The molecule has 1 N–H and O–H groups in total. The smallest absolute Gasteiger partial charge is 0.415 e. The van der Waals surface area contributed by atoms with Crippen molar-refractivity contribution in [2.75, 3.05) is 18.4 Å². The Morgan fingerprint density at radius 3 is 3.00 bits per heavy atom. The lowest BCUT2D eigenvalue weighted by atomic mass is 10.1. The number of aromatic nitrogens is 3. The van der Waals surface area contributed by atoms with Crippen LogP contribution >= 0.6 is 15.9 Å². The Morgan fingerprint density at radius 1 is 1.52 bits per heavy atom. The predicted molar refractivity (Wildman–Crippen MR) is 81.0 cm³/mol. The van der Waals surface area contributed by atoms with Gasteiger partial charge in [0.1, 0.15) is 10.4 Å².